The summed E-state index contributed by atoms with van der Waals surface area (Å²) in [6, 6.07) is 13.1. The molecule has 0 spiro atoms. The third-order valence-electron chi connectivity index (χ3n) is 3.93. The summed E-state index contributed by atoms with van der Waals surface area (Å²) >= 11 is 0. The zero-order chi connectivity index (χ0) is 22.0. The van der Waals surface area contributed by atoms with Crippen molar-refractivity contribution in [2.75, 3.05) is 20.7 Å². The number of methoxy groups -OCH3 is 1. The highest BCUT2D eigenvalue weighted by molar-refractivity contribution is 14.0. The molecule has 0 aliphatic carbocycles. The van der Waals surface area contributed by atoms with E-state index in [-0.39, 0.29) is 54.7 Å². The normalized spacial score (nSPS) is 11.2. The molecule has 2 rings (SSSR count). The highest BCUT2D eigenvalue weighted by atomic mass is 127. The number of carbonyl (C=O) groups excluding carboxylic acids is 1. The van der Waals surface area contributed by atoms with Gasteiger partial charge in [-0.1, -0.05) is 30.3 Å². The van der Waals surface area contributed by atoms with Crippen LogP contribution in [0.4, 0.5) is 13.2 Å². The molecule has 0 atom stereocenters. The number of para-hydroxylation sites is 1. The molecular weight excluding hydrogens is 528 g/mol. The Morgan fingerprint density at radius 3 is 2.29 bits per heavy atom. The minimum atomic E-state index is -4.78. The SMILES string of the molecule is CN=C(NCC(=O)NCc1ccc(OC)cc1)NCc1ccccc1OC(F)(F)F.I. The van der Waals surface area contributed by atoms with Gasteiger partial charge in [0.05, 0.1) is 13.7 Å². The van der Waals surface area contributed by atoms with Gasteiger partial charge >= 0.3 is 6.36 Å². The third-order valence-corrected chi connectivity index (χ3v) is 3.93. The van der Waals surface area contributed by atoms with E-state index >= 15 is 0 Å². The van der Waals surface area contributed by atoms with E-state index in [0.29, 0.717) is 12.1 Å². The number of amides is 1. The van der Waals surface area contributed by atoms with Gasteiger partial charge in [-0.15, -0.1) is 37.1 Å². The van der Waals surface area contributed by atoms with Gasteiger partial charge in [-0.2, -0.15) is 0 Å². The Bertz CT molecular complexity index is 861. The molecule has 3 N–H and O–H groups in total. The maximum Gasteiger partial charge on any atom is 0.573 e. The van der Waals surface area contributed by atoms with Crippen LogP contribution in [0.5, 0.6) is 11.5 Å². The molecule has 0 bridgehead atoms. The number of guanidine groups is 1. The van der Waals surface area contributed by atoms with Crippen molar-refractivity contribution >= 4 is 35.8 Å². The maximum atomic E-state index is 12.5. The van der Waals surface area contributed by atoms with E-state index in [2.05, 4.69) is 25.7 Å². The summed E-state index contributed by atoms with van der Waals surface area (Å²) in [6.45, 7) is 0.314. The topological polar surface area (TPSA) is 84.0 Å². The molecule has 0 aliphatic heterocycles. The number of halogens is 4. The van der Waals surface area contributed by atoms with Crippen LogP contribution in [0.2, 0.25) is 0 Å². The summed E-state index contributed by atoms with van der Waals surface area (Å²) < 4.78 is 46.6. The number of hydrogen-bond donors (Lipinski definition) is 3. The molecule has 0 aliphatic rings. The van der Waals surface area contributed by atoms with Crippen molar-refractivity contribution in [3.63, 3.8) is 0 Å². The molecule has 0 aromatic heterocycles. The molecule has 0 fully saturated rings. The van der Waals surface area contributed by atoms with Gasteiger partial charge in [-0.05, 0) is 23.8 Å². The fourth-order valence-electron chi connectivity index (χ4n) is 2.44. The van der Waals surface area contributed by atoms with E-state index < -0.39 is 6.36 Å². The first-order valence-electron chi connectivity index (χ1n) is 8.98. The predicted octanol–water partition coefficient (Wildman–Crippen LogP) is 3.19. The number of aliphatic imine (C=N–C) groups is 1. The third kappa shape index (κ3) is 9.77. The number of nitrogens with zero attached hydrogens (tertiary/aromatic N) is 1. The molecule has 2 aromatic rings. The Balaban J connectivity index is 0.00000480. The van der Waals surface area contributed by atoms with Crippen LogP contribution >= 0.6 is 24.0 Å². The number of ether oxygens (including phenoxy) is 2. The van der Waals surface area contributed by atoms with Crippen molar-refractivity contribution in [3.8, 4) is 11.5 Å². The average molecular weight is 552 g/mol. The Labute approximate surface area is 195 Å². The van der Waals surface area contributed by atoms with E-state index in [1.165, 1.54) is 25.2 Å². The molecule has 0 saturated heterocycles. The van der Waals surface area contributed by atoms with E-state index in [4.69, 9.17) is 4.74 Å². The second kappa shape index (κ2) is 12.9. The van der Waals surface area contributed by atoms with Crippen LogP contribution in [-0.4, -0.2) is 38.9 Å². The molecule has 7 nitrogen and oxygen atoms in total. The van der Waals surface area contributed by atoms with Crippen LogP contribution in [0.25, 0.3) is 0 Å². The van der Waals surface area contributed by atoms with Gasteiger partial charge in [-0.3, -0.25) is 9.79 Å². The number of benzene rings is 2. The van der Waals surface area contributed by atoms with Crippen LogP contribution in [0.15, 0.2) is 53.5 Å². The standard InChI is InChI=1S/C20H23F3N4O3.HI/c1-24-19(26-12-15-5-3-4-6-17(15)30-20(21,22)23)27-13-18(28)25-11-14-7-9-16(29-2)10-8-14;/h3-10H,11-13H2,1-2H3,(H,25,28)(H2,24,26,27);1H. The first-order valence-corrected chi connectivity index (χ1v) is 8.98. The lowest BCUT2D eigenvalue weighted by Gasteiger charge is -2.15. The van der Waals surface area contributed by atoms with Crippen LogP contribution in [0, 0.1) is 0 Å². The smallest absolute Gasteiger partial charge is 0.497 e. The summed E-state index contributed by atoms with van der Waals surface area (Å²) in [5.41, 5.74) is 1.20. The molecule has 1 amide bonds. The molecule has 0 radical (unpaired) electrons. The Kier molecular flexibility index (Phi) is 10.9. The maximum absolute atomic E-state index is 12.5. The van der Waals surface area contributed by atoms with Crippen molar-refractivity contribution in [1.82, 2.24) is 16.0 Å². The number of nitrogens with one attached hydrogen (secondary N) is 3. The van der Waals surface area contributed by atoms with Gasteiger partial charge in [0.2, 0.25) is 5.91 Å². The predicted molar refractivity (Wildman–Crippen MR) is 122 cm³/mol. The van der Waals surface area contributed by atoms with Crippen LogP contribution in [0.3, 0.4) is 0 Å². The zero-order valence-electron chi connectivity index (χ0n) is 17.0. The minimum absolute atomic E-state index is 0. The van der Waals surface area contributed by atoms with E-state index in [9.17, 15) is 18.0 Å². The zero-order valence-corrected chi connectivity index (χ0v) is 19.3. The van der Waals surface area contributed by atoms with Crippen LogP contribution in [0.1, 0.15) is 11.1 Å². The van der Waals surface area contributed by atoms with E-state index in [1.807, 2.05) is 12.1 Å². The van der Waals surface area contributed by atoms with Crippen molar-refractivity contribution in [2.45, 2.75) is 19.5 Å². The first kappa shape index (κ1) is 26.3. The minimum Gasteiger partial charge on any atom is -0.497 e. The Morgan fingerprint density at radius 1 is 1.00 bits per heavy atom. The van der Waals surface area contributed by atoms with Gasteiger partial charge in [0.1, 0.15) is 11.5 Å². The van der Waals surface area contributed by atoms with Gasteiger partial charge in [0.15, 0.2) is 5.96 Å². The lowest BCUT2D eigenvalue weighted by atomic mass is 10.2. The monoisotopic (exact) mass is 552 g/mol. The molecule has 0 unspecified atom stereocenters. The average Bonchev–Trinajstić information content (AvgIpc) is 2.72. The summed E-state index contributed by atoms with van der Waals surface area (Å²) in [4.78, 5) is 16.0. The van der Waals surface area contributed by atoms with Crippen LogP contribution < -0.4 is 25.4 Å². The highest BCUT2D eigenvalue weighted by Crippen LogP contribution is 2.26. The van der Waals surface area contributed by atoms with Crippen molar-refractivity contribution in [2.24, 2.45) is 4.99 Å². The molecule has 11 heteroatoms. The molecule has 31 heavy (non-hydrogen) atoms. The lowest BCUT2D eigenvalue weighted by Crippen LogP contribution is -2.42. The lowest BCUT2D eigenvalue weighted by molar-refractivity contribution is -0.274. The molecule has 0 saturated carbocycles. The number of carbonyl (C=O) groups is 1. The van der Waals surface area contributed by atoms with E-state index in [0.717, 1.165) is 11.3 Å². The highest BCUT2D eigenvalue weighted by Gasteiger charge is 2.31. The largest absolute Gasteiger partial charge is 0.573 e. The Morgan fingerprint density at radius 2 is 1.68 bits per heavy atom. The van der Waals surface area contributed by atoms with Gasteiger partial charge in [-0.25, -0.2) is 0 Å². The second-order valence-electron chi connectivity index (χ2n) is 6.06. The molecule has 170 valence electrons. The first-order chi connectivity index (χ1) is 14.3. The Hall–Kier alpha value is -2.70. The van der Waals surface area contributed by atoms with Crippen molar-refractivity contribution < 1.29 is 27.4 Å². The second-order valence-corrected chi connectivity index (χ2v) is 6.06. The number of hydrogen-bond acceptors (Lipinski definition) is 4. The van der Waals surface area contributed by atoms with Crippen molar-refractivity contribution in [3.05, 3.63) is 59.7 Å². The fraction of sp³-hybridized carbons (Fsp3) is 0.300. The fourth-order valence-corrected chi connectivity index (χ4v) is 2.44. The summed E-state index contributed by atoms with van der Waals surface area (Å²) in [5, 5.41) is 8.41. The number of rotatable bonds is 8. The van der Waals surface area contributed by atoms with Gasteiger partial charge in [0, 0.05) is 25.7 Å². The quantitative estimate of drug-likeness (QED) is 0.266. The van der Waals surface area contributed by atoms with Crippen molar-refractivity contribution in [1.29, 1.82) is 0 Å². The molecule has 2 aromatic carbocycles. The summed E-state index contributed by atoms with van der Waals surface area (Å²) in [5.74, 6) is 0.417. The van der Waals surface area contributed by atoms with Gasteiger partial charge < -0.3 is 25.4 Å². The summed E-state index contributed by atoms with van der Waals surface area (Å²) in [6.07, 6.45) is -4.78. The molecule has 0 heterocycles. The van der Waals surface area contributed by atoms with E-state index in [1.54, 1.807) is 25.3 Å². The van der Waals surface area contributed by atoms with Gasteiger partial charge in [0.25, 0.3) is 0 Å². The number of alkyl halides is 3. The van der Waals surface area contributed by atoms with Crippen LogP contribution in [-0.2, 0) is 17.9 Å². The molecular formula is C20H24F3IN4O3. The summed E-state index contributed by atoms with van der Waals surface area (Å²) in [7, 11) is 3.06.